The Morgan fingerprint density at radius 1 is 1.30 bits per heavy atom. The van der Waals surface area contributed by atoms with Gasteiger partial charge in [0, 0.05) is 12.1 Å². The van der Waals surface area contributed by atoms with Crippen LogP contribution < -0.4 is 25.3 Å². The summed E-state index contributed by atoms with van der Waals surface area (Å²) in [6.45, 7) is 2.66. The van der Waals surface area contributed by atoms with Crippen LogP contribution in [0.2, 0.25) is 0 Å². The molecule has 2 aromatic rings. The van der Waals surface area contributed by atoms with E-state index in [0.29, 0.717) is 41.5 Å². The van der Waals surface area contributed by atoms with E-state index < -0.39 is 11.9 Å². The lowest BCUT2D eigenvalue weighted by molar-refractivity contribution is -0.924. The Morgan fingerprint density at radius 2 is 2.10 bits per heavy atom. The average Bonchev–Trinajstić information content (AvgIpc) is 3.13. The Hall–Kier alpha value is -3.26. The molecule has 30 heavy (non-hydrogen) atoms. The molecule has 2 heterocycles. The highest BCUT2D eigenvalue weighted by Gasteiger charge is 2.48. The fourth-order valence-corrected chi connectivity index (χ4v) is 4.48. The summed E-state index contributed by atoms with van der Waals surface area (Å²) in [7, 11) is 3.42. The Morgan fingerprint density at radius 3 is 2.80 bits per heavy atom. The van der Waals surface area contributed by atoms with Crippen LogP contribution >= 0.6 is 0 Å². The molecule has 2 aliphatic rings. The van der Waals surface area contributed by atoms with E-state index in [2.05, 4.69) is 5.32 Å². The summed E-state index contributed by atoms with van der Waals surface area (Å²) in [4.78, 5) is 25.5. The quantitative estimate of drug-likeness (QED) is 0.731. The zero-order chi connectivity index (χ0) is 21.5. The molecule has 0 saturated carbocycles. The number of hydrogen-bond donors (Lipinski definition) is 2. The summed E-state index contributed by atoms with van der Waals surface area (Å²) in [5.41, 5.74) is 8.94. The number of fused-ring (bicyclic) bond motifs is 2. The molecule has 3 N–H and O–H groups in total. The van der Waals surface area contributed by atoms with Crippen molar-refractivity contribution in [1.29, 1.82) is 0 Å². The summed E-state index contributed by atoms with van der Waals surface area (Å²) in [5.74, 6) is 0.862. The first-order valence-electron chi connectivity index (χ1n) is 9.82. The van der Waals surface area contributed by atoms with Gasteiger partial charge in [-0.1, -0.05) is 12.1 Å². The van der Waals surface area contributed by atoms with Gasteiger partial charge in [0.05, 0.1) is 26.3 Å². The second kappa shape index (κ2) is 7.53. The van der Waals surface area contributed by atoms with E-state index in [9.17, 15) is 9.59 Å². The molecular formula is C22H26N3O5+. The van der Waals surface area contributed by atoms with Gasteiger partial charge in [-0.15, -0.1) is 0 Å². The molecule has 2 aliphatic heterocycles. The van der Waals surface area contributed by atoms with E-state index in [4.69, 9.17) is 19.9 Å². The number of carbonyl (C=O) groups is 2. The number of hydrogen-bond acceptors (Lipinski definition) is 5. The molecule has 0 unspecified atom stereocenters. The van der Waals surface area contributed by atoms with Crippen molar-refractivity contribution in [3.05, 3.63) is 47.0 Å². The van der Waals surface area contributed by atoms with Crippen LogP contribution in [-0.2, 0) is 16.0 Å². The van der Waals surface area contributed by atoms with Gasteiger partial charge in [-0.25, -0.2) is 0 Å². The van der Waals surface area contributed by atoms with E-state index in [-0.39, 0.29) is 23.7 Å². The zero-order valence-electron chi connectivity index (χ0n) is 17.4. The number of nitrogens with zero attached hydrogens (tertiary/aromatic N) is 1. The van der Waals surface area contributed by atoms with Gasteiger partial charge >= 0.3 is 0 Å². The molecule has 0 radical (unpaired) electrons. The lowest BCUT2D eigenvalue weighted by atomic mass is 9.88. The average molecular weight is 412 g/mol. The van der Waals surface area contributed by atoms with Crippen molar-refractivity contribution in [3.8, 4) is 17.2 Å². The Kier molecular flexibility index (Phi) is 5.03. The maximum atomic E-state index is 13.6. The Bertz CT molecular complexity index is 1020. The summed E-state index contributed by atoms with van der Waals surface area (Å²) >= 11 is 0. The number of amides is 2. The molecule has 8 nitrogen and oxygen atoms in total. The monoisotopic (exact) mass is 412 g/mol. The van der Waals surface area contributed by atoms with Crippen LogP contribution in [0.1, 0.15) is 22.7 Å². The number of quaternary nitrogens is 1. The van der Waals surface area contributed by atoms with Crippen LogP contribution in [-0.4, -0.2) is 50.3 Å². The first-order valence-corrected chi connectivity index (χ1v) is 9.82. The SMILES string of the molecule is COc1c2c(cc3c1[C@H](C(=O)Nc1cccc(C)c1)[N@@+](C)(CC(N)=O)CC3)OCO2. The molecule has 0 aliphatic carbocycles. The molecule has 4 rings (SSSR count). The van der Waals surface area contributed by atoms with Crippen molar-refractivity contribution in [2.45, 2.75) is 19.4 Å². The highest BCUT2D eigenvalue weighted by molar-refractivity contribution is 5.96. The first-order chi connectivity index (χ1) is 14.3. The van der Waals surface area contributed by atoms with Crippen LogP contribution in [0.25, 0.3) is 0 Å². The van der Waals surface area contributed by atoms with Crippen molar-refractivity contribution < 1.29 is 28.3 Å². The number of ether oxygens (including phenoxy) is 3. The van der Waals surface area contributed by atoms with Gasteiger partial charge < -0.3 is 29.7 Å². The smallest absolute Gasteiger partial charge is 0.287 e. The zero-order valence-corrected chi connectivity index (χ0v) is 17.4. The number of benzene rings is 2. The number of primary amides is 1. The molecule has 0 saturated heterocycles. The van der Waals surface area contributed by atoms with Crippen LogP contribution in [0.3, 0.4) is 0 Å². The van der Waals surface area contributed by atoms with E-state index >= 15 is 0 Å². The molecule has 2 amide bonds. The third-order valence-corrected chi connectivity index (χ3v) is 5.79. The lowest BCUT2D eigenvalue weighted by Crippen LogP contribution is -2.58. The van der Waals surface area contributed by atoms with E-state index in [1.165, 1.54) is 0 Å². The molecule has 8 heteroatoms. The van der Waals surface area contributed by atoms with E-state index in [1.54, 1.807) is 7.11 Å². The van der Waals surface area contributed by atoms with Gasteiger partial charge in [0.1, 0.15) is 0 Å². The first kappa shape index (κ1) is 20.0. The summed E-state index contributed by atoms with van der Waals surface area (Å²) in [6.07, 6.45) is 0.653. The number of rotatable bonds is 5. The minimum Gasteiger partial charge on any atom is -0.492 e. The summed E-state index contributed by atoms with van der Waals surface area (Å²) < 4.78 is 17.0. The fraction of sp³-hybridized carbons (Fsp3) is 0.364. The normalized spacial score (nSPS) is 21.6. The number of carbonyl (C=O) groups excluding carboxylic acids is 2. The predicted octanol–water partition coefficient (Wildman–Crippen LogP) is 1.90. The van der Waals surface area contributed by atoms with Crippen molar-refractivity contribution >= 4 is 17.5 Å². The van der Waals surface area contributed by atoms with Gasteiger partial charge in [-0.05, 0) is 36.2 Å². The van der Waals surface area contributed by atoms with Gasteiger partial charge in [-0.3, -0.25) is 9.59 Å². The van der Waals surface area contributed by atoms with Crippen LogP contribution in [0.15, 0.2) is 30.3 Å². The minimum absolute atomic E-state index is 0.0307. The number of nitrogens with two attached hydrogens (primary N) is 1. The highest BCUT2D eigenvalue weighted by atomic mass is 16.7. The number of anilines is 1. The number of methoxy groups -OCH3 is 1. The summed E-state index contributed by atoms with van der Waals surface area (Å²) in [6, 6.07) is 8.78. The maximum Gasteiger partial charge on any atom is 0.287 e. The van der Waals surface area contributed by atoms with E-state index in [0.717, 1.165) is 11.1 Å². The maximum absolute atomic E-state index is 13.6. The number of likely N-dealkylation sites (N-methyl/N-ethyl adjacent to an activating group) is 1. The highest BCUT2D eigenvalue weighted by Crippen LogP contribution is 2.51. The molecule has 0 aromatic heterocycles. The molecule has 0 spiro atoms. The second-order valence-corrected chi connectivity index (χ2v) is 8.06. The van der Waals surface area contributed by atoms with Crippen molar-refractivity contribution in [2.24, 2.45) is 5.73 Å². The van der Waals surface area contributed by atoms with Crippen molar-refractivity contribution in [2.75, 3.05) is 39.4 Å². The molecule has 2 atom stereocenters. The molecular weight excluding hydrogens is 386 g/mol. The largest absolute Gasteiger partial charge is 0.492 e. The van der Waals surface area contributed by atoms with Crippen molar-refractivity contribution in [3.63, 3.8) is 0 Å². The molecule has 0 bridgehead atoms. The molecule has 2 aromatic carbocycles. The van der Waals surface area contributed by atoms with Gasteiger partial charge in [0.25, 0.3) is 11.8 Å². The number of aryl methyl sites for hydroxylation is 1. The topological polar surface area (TPSA) is 99.9 Å². The minimum atomic E-state index is -0.703. The van der Waals surface area contributed by atoms with Crippen LogP contribution in [0.5, 0.6) is 17.2 Å². The van der Waals surface area contributed by atoms with Crippen LogP contribution in [0.4, 0.5) is 5.69 Å². The predicted molar refractivity (Wildman–Crippen MR) is 110 cm³/mol. The summed E-state index contributed by atoms with van der Waals surface area (Å²) in [5, 5.41) is 3.01. The van der Waals surface area contributed by atoms with Gasteiger partial charge in [0.15, 0.2) is 24.1 Å². The van der Waals surface area contributed by atoms with E-state index in [1.807, 2.05) is 44.3 Å². The van der Waals surface area contributed by atoms with Gasteiger partial charge in [0.2, 0.25) is 12.5 Å². The lowest BCUT2D eigenvalue weighted by Gasteiger charge is -2.44. The van der Waals surface area contributed by atoms with Crippen LogP contribution in [0, 0.1) is 6.92 Å². The molecule has 158 valence electrons. The third kappa shape index (κ3) is 3.43. The fourth-order valence-electron chi connectivity index (χ4n) is 4.48. The Balaban J connectivity index is 1.83. The third-order valence-electron chi connectivity index (χ3n) is 5.79. The van der Waals surface area contributed by atoms with Crippen molar-refractivity contribution in [1.82, 2.24) is 0 Å². The second-order valence-electron chi connectivity index (χ2n) is 8.06. The standard InChI is InChI=1S/C22H25N3O5/c1-13-5-4-6-15(9-13)24-22(27)19-18-14(7-8-25(19,2)11-17(23)26)10-16-20(21(18)28-3)30-12-29-16/h4-6,9-10,19H,7-8,11-12H2,1-3H3,(H2-,23,24,26,27)/p+1/t19-,25-/m1/s1. The molecule has 0 fully saturated rings. The van der Waals surface area contributed by atoms with Gasteiger partial charge in [-0.2, -0.15) is 0 Å². The number of nitrogens with one attached hydrogen (secondary N) is 1. The Labute approximate surface area is 175 Å².